The number of piperidine rings is 1. The Balaban J connectivity index is 1.15. The zero-order valence-corrected chi connectivity index (χ0v) is 21.5. The van der Waals surface area contributed by atoms with Crippen LogP contribution in [0, 0.1) is 0 Å². The number of fused-ring (bicyclic) bond motifs is 1. The number of anilines is 1. The second-order valence-electron chi connectivity index (χ2n) is 8.94. The molecule has 0 aliphatic carbocycles. The van der Waals surface area contributed by atoms with Gasteiger partial charge in [0.15, 0.2) is 0 Å². The monoisotopic (exact) mass is 552 g/mol. The van der Waals surface area contributed by atoms with Gasteiger partial charge in [-0.15, -0.1) is 0 Å². The summed E-state index contributed by atoms with van der Waals surface area (Å²) in [5.41, 5.74) is 6.19. The highest BCUT2D eigenvalue weighted by molar-refractivity contribution is 6.24. The van der Waals surface area contributed by atoms with Crippen LogP contribution in [0.3, 0.4) is 0 Å². The highest BCUT2D eigenvalue weighted by Crippen LogP contribution is 2.33. The van der Waals surface area contributed by atoms with Crippen molar-refractivity contribution in [1.29, 1.82) is 0 Å². The Morgan fingerprint density at radius 2 is 1.68 bits per heavy atom. The maximum Gasteiger partial charge on any atom is 0.266 e. The number of benzene rings is 2. The van der Waals surface area contributed by atoms with Gasteiger partial charge in [0.1, 0.15) is 18.4 Å². The van der Waals surface area contributed by atoms with Crippen LogP contribution in [-0.4, -0.2) is 79.4 Å². The molecular formula is C27H28N4O9. The Morgan fingerprint density at radius 1 is 0.950 bits per heavy atom. The minimum absolute atomic E-state index is 0.0360. The summed E-state index contributed by atoms with van der Waals surface area (Å²) in [6.45, 7) is 0.890. The third-order valence-corrected chi connectivity index (χ3v) is 6.19. The number of nitrogens with zero attached hydrogens (tertiary/aromatic N) is 1. The van der Waals surface area contributed by atoms with E-state index in [1.807, 2.05) is 0 Å². The molecule has 1 unspecified atom stereocenters. The lowest BCUT2D eigenvalue weighted by molar-refractivity contribution is -0.136. The first-order chi connectivity index (χ1) is 19.3. The van der Waals surface area contributed by atoms with Gasteiger partial charge in [0, 0.05) is 17.7 Å². The van der Waals surface area contributed by atoms with E-state index in [9.17, 15) is 28.8 Å². The summed E-state index contributed by atoms with van der Waals surface area (Å²) < 4.78 is 16.5. The first-order valence-corrected chi connectivity index (χ1v) is 12.6. The van der Waals surface area contributed by atoms with Gasteiger partial charge in [-0.1, -0.05) is 12.1 Å². The van der Waals surface area contributed by atoms with E-state index < -0.39 is 35.6 Å². The van der Waals surface area contributed by atoms with E-state index in [1.165, 1.54) is 12.1 Å². The second-order valence-corrected chi connectivity index (χ2v) is 8.94. The molecule has 1 saturated heterocycles. The molecule has 4 rings (SSSR count). The molecule has 13 heteroatoms. The number of nitrogens with one attached hydrogen (secondary N) is 2. The topological polar surface area (TPSA) is 183 Å². The SMILES string of the molecule is NC(=O)c1cccc(NC(=O)CCOCCOCCOc2cccc3c2C(=O)N(C2CCC(=O)NC2=O)C3=O)c1. The van der Waals surface area contributed by atoms with Crippen molar-refractivity contribution in [3.63, 3.8) is 0 Å². The molecule has 0 radical (unpaired) electrons. The molecule has 2 heterocycles. The fraction of sp³-hybridized carbons (Fsp3) is 0.333. The van der Waals surface area contributed by atoms with Crippen LogP contribution in [0.5, 0.6) is 5.75 Å². The average Bonchev–Trinajstić information content (AvgIpc) is 3.18. The Hall–Kier alpha value is -4.62. The van der Waals surface area contributed by atoms with Crippen LogP contribution in [0.2, 0.25) is 0 Å². The van der Waals surface area contributed by atoms with E-state index in [1.54, 1.807) is 30.3 Å². The zero-order valence-electron chi connectivity index (χ0n) is 21.5. The number of carbonyl (C=O) groups is 6. The van der Waals surface area contributed by atoms with Crippen LogP contribution in [0.15, 0.2) is 42.5 Å². The van der Waals surface area contributed by atoms with Crippen LogP contribution in [0.1, 0.15) is 50.3 Å². The summed E-state index contributed by atoms with van der Waals surface area (Å²) in [5, 5.41) is 4.82. The number of hydrogen-bond donors (Lipinski definition) is 3. The molecule has 0 bridgehead atoms. The molecule has 2 aliphatic heterocycles. The van der Waals surface area contributed by atoms with E-state index in [4.69, 9.17) is 19.9 Å². The van der Waals surface area contributed by atoms with Crippen molar-refractivity contribution < 1.29 is 43.0 Å². The first-order valence-electron chi connectivity index (χ1n) is 12.6. The van der Waals surface area contributed by atoms with E-state index in [0.29, 0.717) is 11.3 Å². The largest absolute Gasteiger partial charge is 0.490 e. The van der Waals surface area contributed by atoms with E-state index in [-0.39, 0.29) is 75.1 Å². The summed E-state index contributed by atoms with van der Waals surface area (Å²) >= 11 is 0. The van der Waals surface area contributed by atoms with Crippen LogP contribution in [0.4, 0.5) is 5.69 Å². The first kappa shape index (κ1) is 28.4. The highest BCUT2D eigenvalue weighted by Gasteiger charge is 2.45. The second kappa shape index (κ2) is 13.0. The zero-order chi connectivity index (χ0) is 28.6. The van der Waals surface area contributed by atoms with Gasteiger partial charge < -0.3 is 25.3 Å². The molecule has 6 amide bonds. The number of rotatable bonds is 13. The van der Waals surface area contributed by atoms with Crippen molar-refractivity contribution in [1.82, 2.24) is 10.2 Å². The van der Waals surface area contributed by atoms with Gasteiger partial charge in [-0.25, -0.2) is 0 Å². The predicted octanol–water partition coefficient (Wildman–Crippen LogP) is 0.627. The molecular weight excluding hydrogens is 524 g/mol. The van der Waals surface area contributed by atoms with Crippen molar-refractivity contribution in [3.05, 3.63) is 59.2 Å². The molecule has 2 aliphatic rings. The van der Waals surface area contributed by atoms with Crippen molar-refractivity contribution in [3.8, 4) is 5.75 Å². The van der Waals surface area contributed by atoms with Crippen LogP contribution in [0.25, 0.3) is 0 Å². The van der Waals surface area contributed by atoms with E-state index >= 15 is 0 Å². The number of ether oxygens (including phenoxy) is 3. The van der Waals surface area contributed by atoms with Crippen molar-refractivity contribution in [2.24, 2.45) is 5.73 Å². The lowest BCUT2D eigenvalue weighted by Crippen LogP contribution is -2.54. The molecule has 2 aromatic carbocycles. The summed E-state index contributed by atoms with van der Waals surface area (Å²) in [6, 6.07) is 9.86. The smallest absolute Gasteiger partial charge is 0.266 e. The standard InChI is InChI=1S/C27H28N4O9/c28-24(34)16-3-1-4-17(15-16)29-22(33)9-10-38-11-12-39-13-14-40-20-6-2-5-18-23(20)27(37)31(26(18)36)19-7-8-21(32)30-25(19)35/h1-6,15,19H,7-14H2,(H2,28,34)(H,29,33)(H,30,32,35). The van der Waals surface area contributed by atoms with E-state index in [0.717, 1.165) is 4.90 Å². The number of amides is 6. The molecule has 210 valence electrons. The molecule has 1 fully saturated rings. The maximum absolute atomic E-state index is 13.0. The van der Waals surface area contributed by atoms with Gasteiger partial charge in [0.2, 0.25) is 23.6 Å². The lowest BCUT2D eigenvalue weighted by Gasteiger charge is -2.27. The number of nitrogens with two attached hydrogens (primary N) is 1. The molecule has 40 heavy (non-hydrogen) atoms. The van der Waals surface area contributed by atoms with Gasteiger partial charge in [0.25, 0.3) is 11.8 Å². The Morgan fingerprint density at radius 3 is 2.42 bits per heavy atom. The van der Waals surface area contributed by atoms with Crippen LogP contribution >= 0.6 is 0 Å². The third-order valence-electron chi connectivity index (χ3n) is 6.19. The van der Waals surface area contributed by atoms with Crippen molar-refractivity contribution in [2.45, 2.75) is 25.3 Å². The van der Waals surface area contributed by atoms with Gasteiger partial charge in [0.05, 0.1) is 44.0 Å². The van der Waals surface area contributed by atoms with Crippen LogP contribution < -0.4 is 21.1 Å². The summed E-state index contributed by atoms with van der Waals surface area (Å²) in [7, 11) is 0. The number of hydrogen-bond acceptors (Lipinski definition) is 9. The number of primary amides is 1. The van der Waals surface area contributed by atoms with Crippen LogP contribution in [-0.2, 0) is 23.9 Å². The summed E-state index contributed by atoms with van der Waals surface area (Å²) in [5.74, 6) is -3.06. The Labute approximate surface area is 228 Å². The van der Waals surface area contributed by atoms with Gasteiger partial charge in [-0.2, -0.15) is 0 Å². The number of imide groups is 2. The molecule has 0 saturated carbocycles. The van der Waals surface area contributed by atoms with Gasteiger partial charge in [-0.3, -0.25) is 39.0 Å². The van der Waals surface area contributed by atoms with E-state index in [2.05, 4.69) is 10.6 Å². The Kier molecular flexibility index (Phi) is 9.19. The molecule has 0 aromatic heterocycles. The normalized spacial score (nSPS) is 16.5. The quantitative estimate of drug-likeness (QED) is 0.237. The lowest BCUT2D eigenvalue weighted by atomic mass is 10.0. The molecule has 1 atom stereocenters. The van der Waals surface area contributed by atoms with Crippen molar-refractivity contribution >= 4 is 41.1 Å². The molecule has 0 spiro atoms. The third kappa shape index (κ3) is 6.68. The predicted molar refractivity (Wildman–Crippen MR) is 138 cm³/mol. The molecule has 2 aromatic rings. The minimum Gasteiger partial charge on any atom is -0.490 e. The number of carbonyl (C=O) groups excluding carboxylic acids is 6. The average molecular weight is 553 g/mol. The highest BCUT2D eigenvalue weighted by atomic mass is 16.5. The fourth-order valence-corrected chi connectivity index (χ4v) is 4.28. The minimum atomic E-state index is -1.06. The molecule has 13 nitrogen and oxygen atoms in total. The molecule has 4 N–H and O–H groups in total. The Bertz CT molecular complexity index is 1340. The fourth-order valence-electron chi connectivity index (χ4n) is 4.28. The maximum atomic E-state index is 13.0. The van der Waals surface area contributed by atoms with Gasteiger partial charge >= 0.3 is 0 Å². The van der Waals surface area contributed by atoms with Gasteiger partial charge in [-0.05, 0) is 36.8 Å². The summed E-state index contributed by atoms with van der Waals surface area (Å²) in [4.78, 5) is 73.7. The summed E-state index contributed by atoms with van der Waals surface area (Å²) in [6.07, 6.45) is 0.206. The van der Waals surface area contributed by atoms with Crippen molar-refractivity contribution in [2.75, 3.05) is 38.4 Å².